The predicted molar refractivity (Wildman–Crippen MR) is 130 cm³/mol. The Morgan fingerprint density at radius 1 is 0.844 bits per heavy atom. The number of nitrogens with one attached hydrogen (secondary N) is 1. The van der Waals surface area contributed by atoms with Crippen LogP contribution in [0.15, 0.2) is 97.1 Å². The SMILES string of the molecule is O=C(Nc1ccc(O)c(-c2nc3ccccc3s2)c1)c1ccc(Cc2ccccc2)cc1. The molecule has 5 rings (SSSR count). The largest absolute Gasteiger partial charge is 0.507 e. The molecule has 5 aromatic rings. The average molecular weight is 437 g/mol. The molecule has 32 heavy (non-hydrogen) atoms. The summed E-state index contributed by atoms with van der Waals surface area (Å²) in [7, 11) is 0. The minimum Gasteiger partial charge on any atom is -0.507 e. The summed E-state index contributed by atoms with van der Waals surface area (Å²) in [5, 5.41) is 14.0. The number of thiazole rings is 1. The maximum atomic E-state index is 12.8. The van der Waals surface area contributed by atoms with Crippen LogP contribution in [-0.2, 0) is 6.42 Å². The van der Waals surface area contributed by atoms with Crippen LogP contribution < -0.4 is 5.32 Å². The first-order chi connectivity index (χ1) is 15.7. The van der Waals surface area contributed by atoms with E-state index < -0.39 is 0 Å². The molecule has 0 fully saturated rings. The Hall–Kier alpha value is -3.96. The van der Waals surface area contributed by atoms with E-state index >= 15 is 0 Å². The molecule has 0 radical (unpaired) electrons. The average Bonchev–Trinajstić information content (AvgIpc) is 3.25. The Morgan fingerprint density at radius 3 is 2.34 bits per heavy atom. The summed E-state index contributed by atoms with van der Waals surface area (Å²) in [6.07, 6.45) is 0.826. The Kier molecular flexibility index (Phi) is 5.40. The van der Waals surface area contributed by atoms with Crippen LogP contribution in [0.25, 0.3) is 20.8 Å². The van der Waals surface area contributed by atoms with Crippen molar-refractivity contribution in [1.82, 2.24) is 4.98 Å². The van der Waals surface area contributed by atoms with Gasteiger partial charge >= 0.3 is 0 Å². The summed E-state index contributed by atoms with van der Waals surface area (Å²) in [5.74, 6) is -0.0653. The molecule has 1 amide bonds. The number of benzene rings is 4. The molecule has 0 spiro atoms. The number of amides is 1. The first-order valence-corrected chi connectivity index (χ1v) is 11.1. The third-order valence-corrected chi connectivity index (χ3v) is 6.32. The molecule has 4 nitrogen and oxygen atoms in total. The van der Waals surface area contributed by atoms with Crippen LogP contribution in [0.4, 0.5) is 5.69 Å². The minimum absolute atomic E-state index is 0.132. The van der Waals surface area contributed by atoms with E-state index in [0.717, 1.165) is 22.2 Å². The molecule has 156 valence electrons. The molecule has 1 aromatic heterocycles. The van der Waals surface area contributed by atoms with Crippen LogP contribution in [0.2, 0.25) is 0 Å². The van der Waals surface area contributed by atoms with Gasteiger partial charge in [0.05, 0.1) is 15.8 Å². The number of anilines is 1. The lowest BCUT2D eigenvalue weighted by molar-refractivity contribution is 0.102. The van der Waals surface area contributed by atoms with E-state index in [-0.39, 0.29) is 11.7 Å². The number of aromatic hydroxyl groups is 1. The van der Waals surface area contributed by atoms with Crippen LogP contribution >= 0.6 is 11.3 Å². The maximum Gasteiger partial charge on any atom is 0.255 e. The molecule has 0 saturated carbocycles. The topological polar surface area (TPSA) is 62.2 Å². The molecule has 5 heteroatoms. The molecule has 0 bridgehead atoms. The van der Waals surface area contributed by atoms with Crippen LogP contribution in [0, 0.1) is 0 Å². The molecule has 0 aliphatic heterocycles. The molecular weight excluding hydrogens is 416 g/mol. The number of aromatic nitrogens is 1. The highest BCUT2D eigenvalue weighted by atomic mass is 32.1. The monoisotopic (exact) mass is 436 g/mol. The number of rotatable bonds is 5. The third kappa shape index (κ3) is 4.24. The third-order valence-electron chi connectivity index (χ3n) is 5.25. The predicted octanol–water partition coefficient (Wildman–Crippen LogP) is 6.51. The lowest BCUT2D eigenvalue weighted by atomic mass is 10.0. The zero-order valence-electron chi connectivity index (χ0n) is 17.2. The standard InChI is InChI=1S/C27H20N2O2S/c30-24-15-14-21(17-22(24)27-29-23-8-4-5-9-25(23)32-27)28-26(31)20-12-10-19(11-13-20)16-18-6-2-1-3-7-18/h1-15,17,30H,16H2,(H,28,31). The summed E-state index contributed by atoms with van der Waals surface area (Å²) in [4.78, 5) is 17.4. The van der Waals surface area contributed by atoms with Crippen LogP contribution in [0.5, 0.6) is 5.75 Å². The molecule has 1 heterocycles. The lowest BCUT2D eigenvalue weighted by Crippen LogP contribution is -2.11. The zero-order chi connectivity index (χ0) is 21.9. The highest BCUT2D eigenvalue weighted by Gasteiger charge is 2.13. The van der Waals surface area contributed by atoms with Crippen LogP contribution in [0.3, 0.4) is 0 Å². The van der Waals surface area contributed by atoms with Crippen molar-refractivity contribution >= 4 is 33.1 Å². The van der Waals surface area contributed by atoms with Gasteiger partial charge in [-0.1, -0.05) is 54.6 Å². The van der Waals surface area contributed by atoms with E-state index in [1.807, 2.05) is 66.7 Å². The van der Waals surface area contributed by atoms with E-state index in [1.165, 1.54) is 16.9 Å². The molecule has 0 aliphatic carbocycles. The summed E-state index contributed by atoms with van der Waals surface area (Å²) in [6.45, 7) is 0. The van der Waals surface area contributed by atoms with Gasteiger partial charge in [-0.3, -0.25) is 4.79 Å². The fraction of sp³-hybridized carbons (Fsp3) is 0.0370. The number of hydrogen-bond acceptors (Lipinski definition) is 4. The number of nitrogens with zero attached hydrogens (tertiary/aromatic N) is 1. The number of phenolic OH excluding ortho intramolecular Hbond substituents is 1. The second kappa shape index (κ2) is 8.65. The Bertz CT molecular complexity index is 1360. The smallest absolute Gasteiger partial charge is 0.255 e. The quantitative estimate of drug-likeness (QED) is 0.309. The number of para-hydroxylation sites is 1. The second-order valence-electron chi connectivity index (χ2n) is 7.53. The highest BCUT2D eigenvalue weighted by molar-refractivity contribution is 7.21. The van der Waals surface area contributed by atoms with Gasteiger partial charge in [0.25, 0.3) is 5.91 Å². The highest BCUT2D eigenvalue weighted by Crippen LogP contribution is 2.36. The molecule has 0 atom stereocenters. The van der Waals surface area contributed by atoms with E-state index in [2.05, 4.69) is 22.4 Å². The first kappa shape index (κ1) is 20.0. The zero-order valence-corrected chi connectivity index (χ0v) is 18.0. The van der Waals surface area contributed by atoms with Gasteiger partial charge in [0.1, 0.15) is 10.8 Å². The Balaban J connectivity index is 1.33. The van der Waals surface area contributed by atoms with Crippen molar-refractivity contribution in [2.45, 2.75) is 6.42 Å². The van der Waals surface area contributed by atoms with Crippen molar-refractivity contribution in [1.29, 1.82) is 0 Å². The maximum absolute atomic E-state index is 12.8. The Morgan fingerprint density at radius 2 is 1.56 bits per heavy atom. The molecule has 4 aromatic carbocycles. The normalized spacial score (nSPS) is 10.9. The van der Waals surface area contributed by atoms with Crippen LogP contribution in [0.1, 0.15) is 21.5 Å². The summed E-state index contributed by atoms with van der Waals surface area (Å²) < 4.78 is 1.05. The fourth-order valence-electron chi connectivity index (χ4n) is 3.58. The minimum atomic E-state index is -0.197. The van der Waals surface area contributed by atoms with Gasteiger partial charge in [-0.15, -0.1) is 11.3 Å². The summed E-state index contributed by atoms with van der Waals surface area (Å²) in [5.41, 5.74) is 5.05. The van der Waals surface area contributed by atoms with Crippen LogP contribution in [-0.4, -0.2) is 16.0 Å². The van der Waals surface area contributed by atoms with Gasteiger partial charge in [0.2, 0.25) is 0 Å². The van der Waals surface area contributed by atoms with Gasteiger partial charge in [0.15, 0.2) is 0 Å². The lowest BCUT2D eigenvalue weighted by Gasteiger charge is -2.09. The van der Waals surface area contributed by atoms with E-state index in [1.54, 1.807) is 18.2 Å². The summed E-state index contributed by atoms with van der Waals surface area (Å²) >= 11 is 1.51. The van der Waals surface area contributed by atoms with Crippen molar-refractivity contribution in [3.63, 3.8) is 0 Å². The van der Waals surface area contributed by atoms with Gasteiger partial charge in [-0.25, -0.2) is 4.98 Å². The molecule has 2 N–H and O–H groups in total. The number of phenols is 1. The molecule has 0 unspecified atom stereocenters. The van der Waals surface area contributed by atoms with Crippen molar-refractivity contribution < 1.29 is 9.90 Å². The van der Waals surface area contributed by atoms with Gasteiger partial charge < -0.3 is 10.4 Å². The van der Waals surface area contributed by atoms with E-state index in [9.17, 15) is 9.90 Å². The molecular formula is C27H20N2O2S. The van der Waals surface area contributed by atoms with Crippen molar-refractivity contribution in [3.05, 3.63) is 114 Å². The number of carbonyl (C=O) groups is 1. The van der Waals surface area contributed by atoms with Crippen molar-refractivity contribution in [3.8, 4) is 16.3 Å². The summed E-state index contributed by atoms with van der Waals surface area (Å²) in [6, 6.07) is 30.7. The Labute approximate surface area is 189 Å². The van der Waals surface area contributed by atoms with E-state index in [4.69, 9.17) is 0 Å². The van der Waals surface area contributed by atoms with Gasteiger partial charge in [-0.05, 0) is 60.0 Å². The van der Waals surface area contributed by atoms with Gasteiger partial charge in [-0.2, -0.15) is 0 Å². The number of hydrogen-bond donors (Lipinski definition) is 2. The second-order valence-corrected chi connectivity index (χ2v) is 8.56. The fourth-order valence-corrected chi connectivity index (χ4v) is 4.57. The van der Waals surface area contributed by atoms with Gasteiger partial charge in [0, 0.05) is 11.3 Å². The molecule has 0 saturated heterocycles. The van der Waals surface area contributed by atoms with Crippen molar-refractivity contribution in [2.75, 3.05) is 5.32 Å². The number of carbonyl (C=O) groups excluding carboxylic acids is 1. The number of fused-ring (bicyclic) bond motifs is 1. The molecule has 0 aliphatic rings. The first-order valence-electron chi connectivity index (χ1n) is 10.3. The van der Waals surface area contributed by atoms with E-state index in [0.29, 0.717) is 21.8 Å². The van der Waals surface area contributed by atoms with Crippen molar-refractivity contribution in [2.24, 2.45) is 0 Å².